The van der Waals surface area contributed by atoms with Crippen molar-refractivity contribution < 1.29 is 14.7 Å². The molecule has 4 nitrogen and oxygen atoms in total. The second-order valence-corrected chi connectivity index (χ2v) is 4.96. The average molecular weight is 326 g/mol. The van der Waals surface area contributed by atoms with Crippen LogP contribution in [0.15, 0.2) is 34.8 Å². The summed E-state index contributed by atoms with van der Waals surface area (Å²) in [5, 5.41) is 8.76. The Hall–Kier alpha value is -1.62. The van der Waals surface area contributed by atoms with Crippen LogP contribution in [-0.2, 0) is 9.59 Å². The lowest BCUT2D eigenvalue weighted by Crippen LogP contribution is -2.35. The van der Waals surface area contributed by atoms with Crippen molar-refractivity contribution >= 4 is 33.9 Å². The molecule has 0 fully saturated rings. The van der Waals surface area contributed by atoms with Gasteiger partial charge in [0.25, 0.3) is 0 Å². The molecule has 102 valence electrons. The first kappa shape index (κ1) is 15.4. The van der Waals surface area contributed by atoms with Gasteiger partial charge >= 0.3 is 5.97 Å². The zero-order chi connectivity index (χ0) is 14.3. The number of amides is 1. The molecule has 0 aliphatic rings. The molecule has 1 rings (SSSR count). The van der Waals surface area contributed by atoms with Gasteiger partial charge in [0, 0.05) is 17.1 Å². The number of carbonyl (C=O) groups is 2. The Morgan fingerprint density at radius 1 is 1.42 bits per heavy atom. The van der Waals surface area contributed by atoms with E-state index in [0.29, 0.717) is 6.54 Å². The first-order chi connectivity index (χ1) is 9.02. The minimum atomic E-state index is -1.00. The number of rotatable bonds is 6. The third-order valence-electron chi connectivity index (χ3n) is 2.40. The summed E-state index contributed by atoms with van der Waals surface area (Å²) < 4.78 is 0.929. The van der Waals surface area contributed by atoms with Crippen LogP contribution in [-0.4, -0.2) is 35.0 Å². The number of hydrogen-bond acceptors (Lipinski definition) is 2. The van der Waals surface area contributed by atoms with Gasteiger partial charge in [0.05, 0.1) is 0 Å². The van der Waals surface area contributed by atoms with Crippen LogP contribution >= 0.6 is 15.9 Å². The lowest BCUT2D eigenvalue weighted by atomic mass is 10.2. The van der Waals surface area contributed by atoms with E-state index in [0.717, 1.165) is 16.5 Å². The largest absolute Gasteiger partial charge is 0.480 e. The van der Waals surface area contributed by atoms with E-state index in [-0.39, 0.29) is 12.5 Å². The van der Waals surface area contributed by atoms with Gasteiger partial charge in [-0.3, -0.25) is 9.59 Å². The number of aliphatic carboxylic acids is 1. The highest BCUT2D eigenvalue weighted by molar-refractivity contribution is 9.10. The van der Waals surface area contributed by atoms with Crippen LogP contribution in [0.1, 0.15) is 18.9 Å². The third kappa shape index (κ3) is 5.70. The number of hydrogen-bond donors (Lipinski definition) is 1. The molecule has 0 aromatic heterocycles. The Balaban J connectivity index is 2.72. The van der Waals surface area contributed by atoms with Crippen molar-refractivity contribution in [3.63, 3.8) is 0 Å². The van der Waals surface area contributed by atoms with E-state index in [1.165, 1.54) is 11.0 Å². The number of benzene rings is 1. The van der Waals surface area contributed by atoms with Crippen molar-refractivity contribution in [3.8, 4) is 0 Å². The lowest BCUT2D eigenvalue weighted by Gasteiger charge is -2.17. The number of carboxylic acids is 1. The van der Waals surface area contributed by atoms with Crippen LogP contribution in [0.5, 0.6) is 0 Å². The Kier molecular flexibility index (Phi) is 6.29. The number of carbonyl (C=O) groups excluding carboxylic acids is 1. The molecular formula is C14H16BrNO3. The Labute approximate surface area is 120 Å². The Bertz CT molecular complexity index is 485. The summed E-state index contributed by atoms with van der Waals surface area (Å²) in [6.45, 7) is 2.07. The minimum absolute atomic E-state index is 0.268. The van der Waals surface area contributed by atoms with Crippen LogP contribution in [0, 0.1) is 0 Å². The topological polar surface area (TPSA) is 57.6 Å². The standard InChI is InChI=1S/C14H16BrNO3/c1-2-8-16(10-14(18)19)13(17)7-6-11-4-3-5-12(15)9-11/h3-7,9H,2,8,10H2,1H3,(H,18,19)/b7-6+. The molecule has 1 aromatic carbocycles. The lowest BCUT2D eigenvalue weighted by molar-refractivity contribution is -0.142. The highest BCUT2D eigenvalue weighted by Gasteiger charge is 2.12. The maximum Gasteiger partial charge on any atom is 0.323 e. The SMILES string of the molecule is CCCN(CC(=O)O)C(=O)/C=C/c1cccc(Br)c1. The maximum atomic E-state index is 11.9. The molecule has 0 radical (unpaired) electrons. The van der Waals surface area contributed by atoms with E-state index < -0.39 is 5.97 Å². The van der Waals surface area contributed by atoms with E-state index in [2.05, 4.69) is 15.9 Å². The first-order valence-electron chi connectivity index (χ1n) is 5.97. The van der Waals surface area contributed by atoms with Gasteiger partial charge in [0.2, 0.25) is 5.91 Å². The van der Waals surface area contributed by atoms with Crippen LogP contribution in [0.25, 0.3) is 6.08 Å². The molecule has 5 heteroatoms. The van der Waals surface area contributed by atoms with Crippen molar-refractivity contribution in [1.82, 2.24) is 4.90 Å². The smallest absolute Gasteiger partial charge is 0.323 e. The van der Waals surface area contributed by atoms with E-state index in [1.807, 2.05) is 31.2 Å². The Morgan fingerprint density at radius 2 is 2.16 bits per heavy atom. The summed E-state index contributed by atoms with van der Waals surface area (Å²) in [4.78, 5) is 23.9. The summed E-state index contributed by atoms with van der Waals surface area (Å²) in [5.41, 5.74) is 0.884. The average Bonchev–Trinajstić information content (AvgIpc) is 2.35. The molecule has 19 heavy (non-hydrogen) atoms. The summed E-state index contributed by atoms with van der Waals surface area (Å²) in [6, 6.07) is 7.52. The summed E-state index contributed by atoms with van der Waals surface area (Å²) in [7, 11) is 0. The van der Waals surface area contributed by atoms with Crippen LogP contribution in [0.2, 0.25) is 0 Å². The fourth-order valence-electron chi connectivity index (χ4n) is 1.58. The molecule has 0 bridgehead atoms. The molecule has 0 spiro atoms. The van der Waals surface area contributed by atoms with Crippen molar-refractivity contribution in [2.45, 2.75) is 13.3 Å². The molecular weight excluding hydrogens is 310 g/mol. The van der Waals surface area contributed by atoms with Crippen molar-refractivity contribution in [2.75, 3.05) is 13.1 Å². The Morgan fingerprint density at radius 3 is 2.74 bits per heavy atom. The van der Waals surface area contributed by atoms with Gasteiger partial charge in [-0.1, -0.05) is 35.0 Å². The van der Waals surface area contributed by atoms with Gasteiger partial charge in [-0.2, -0.15) is 0 Å². The van der Waals surface area contributed by atoms with Gasteiger partial charge < -0.3 is 10.0 Å². The molecule has 0 atom stereocenters. The molecule has 0 aliphatic carbocycles. The number of nitrogens with zero attached hydrogens (tertiary/aromatic N) is 1. The third-order valence-corrected chi connectivity index (χ3v) is 2.89. The quantitative estimate of drug-likeness (QED) is 0.818. The molecule has 1 N–H and O–H groups in total. The van der Waals surface area contributed by atoms with Crippen molar-refractivity contribution in [1.29, 1.82) is 0 Å². The van der Waals surface area contributed by atoms with Gasteiger partial charge in [0.15, 0.2) is 0 Å². The van der Waals surface area contributed by atoms with Crippen molar-refractivity contribution in [2.24, 2.45) is 0 Å². The monoisotopic (exact) mass is 325 g/mol. The first-order valence-corrected chi connectivity index (χ1v) is 6.76. The maximum absolute atomic E-state index is 11.9. The minimum Gasteiger partial charge on any atom is -0.480 e. The predicted molar refractivity (Wildman–Crippen MR) is 77.7 cm³/mol. The van der Waals surface area contributed by atoms with Gasteiger partial charge in [-0.15, -0.1) is 0 Å². The molecule has 0 heterocycles. The van der Waals surface area contributed by atoms with Crippen LogP contribution in [0.4, 0.5) is 0 Å². The second-order valence-electron chi connectivity index (χ2n) is 4.04. The molecule has 0 unspecified atom stereocenters. The fraction of sp³-hybridized carbons (Fsp3) is 0.286. The molecule has 0 aliphatic heterocycles. The van der Waals surface area contributed by atoms with Gasteiger partial charge in [-0.25, -0.2) is 0 Å². The summed E-state index contributed by atoms with van der Waals surface area (Å²) in [5.74, 6) is -1.29. The summed E-state index contributed by atoms with van der Waals surface area (Å²) >= 11 is 3.35. The molecule has 0 saturated carbocycles. The highest BCUT2D eigenvalue weighted by atomic mass is 79.9. The normalized spacial score (nSPS) is 10.6. The predicted octanol–water partition coefficient (Wildman–Crippen LogP) is 2.79. The number of carboxylic acid groups (broad SMARTS) is 1. The number of halogens is 1. The van der Waals surface area contributed by atoms with E-state index in [9.17, 15) is 9.59 Å². The highest BCUT2D eigenvalue weighted by Crippen LogP contribution is 2.12. The van der Waals surface area contributed by atoms with E-state index >= 15 is 0 Å². The van der Waals surface area contributed by atoms with E-state index in [4.69, 9.17) is 5.11 Å². The second kappa shape index (κ2) is 7.74. The fourth-order valence-corrected chi connectivity index (χ4v) is 2.00. The zero-order valence-corrected chi connectivity index (χ0v) is 12.3. The van der Waals surface area contributed by atoms with Crippen LogP contribution < -0.4 is 0 Å². The van der Waals surface area contributed by atoms with Gasteiger partial charge in [0.1, 0.15) is 6.54 Å². The van der Waals surface area contributed by atoms with Gasteiger partial charge in [-0.05, 0) is 30.2 Å². The molecule has 0 saturated heterocycles. The molecule has 1 aromatic rings. The van der Waals surface area contributed by atoms with Crippen LogP contribution in [0.3, 0.4) is 0 Å². The zero-order valence-electron chi connectivity index (χ0n) is 10.7. The molecule has 1 amide bonds. The summed E-state index contributed by atoms with van der Waals surface area (Å²) in [6.07, 6.45) is 3.81. The van der Waals surface area contributed by atoms with E-state index in [1.54, 1.807) is 6.08 Å². The van der Waals surface area contributed by atoms with Crippen molar-refractivity contribution in [3.05, 3.63) is 40.4 Å².